The van der Waals surface area contributed by atoms with Crippen molar-refractivity contribution in [2.24, 2.45) is 5.73 Å². The number of likely N-dealkylation sites (N-methyl/N-ethyl adjacent to an activating group) is 2. The van der Waals surface area contributed by atoms with E-state index in [1.165, 1.54) is 150 Å². The molecule has 22 heteroatoms. The van der Waals surface area contributed by atoms with E-state index in [1.807, 2.05) is 19.0 Å². The van der Waals surface area contributed by atoms with E-state index in [9.17, 15) is 4.39 Å². The number of nitrogens with one attached hydrogen (secondary N) is 2. The highest BCUT2D eigenvalue weighted by atomic mass is 19.1. The van der Waals surface area contributed by atoms with E-state index in [-0.39, 0.29) is 6.04 Å². The Morgan fingerprint density at radius 2 is 0.763 bits per heavy atom. The average molecular weight is 1680 g/mol. The number of morpholine rings is 1. The molecule has 10 heterocycles. The van der Waals surface area contributed by atoms with Crippen LogP contribution in [0.1, 0.15) is 274 Å². The normalized spacial score (nSPS) is 27.0. The summed E-state index contributed by atoms with van der Waals surface area (Å²) < 4.78 is 24.6. The molecular weight excluding hydrogens is 1470 g/mol. The van der Waals surface area contributed by atoms with E-state index in [0.717, 1.165) is 84.0 Å². The zero-order valence-electron chi connectivity index (χ0n) is 86.7. The van der Waals surface area contributed by atoms with Crippen LogP contribution in [0.25, 0.3) is 0 Å². The molecule has 0 aromatic carbocycles. The quantitative estimate of drug-likeness (QED) is 0.203. The predicted molar refractivity (Wildman–Crippen MR) is 515 cm³/mol. The summed E-state index contributed by atoms with van der Waals surface area (Å²) >= 11 is 0. The lowest BCUT2D eigenvalue weighted by Gasteiger charge is -2.43. The van der Waals surface area contributed by atoms with E-state index < -0.39 is 6.17 Å². The molecule has 10 aliphatic heterocycles. The van der Waals surface area contributed by atoms with Crippen molar-refractivity contribution in [3.8, 4) is 0 Å². The number of piperazine rings is 4. The summed E-state index contributed by atoms with van der Waals surface area (Å²) in [7, 11) is 14.6. The van der Waals surface area contributed by atoms with Crippen LogP contribution in [0, 0.1) is 0 Å². The number of hydrogen-bond donors (Lipinski definition) is 3. The van der Waals surface area contributed by atoms with Gasteiger partial charge in [0, 0.05) is 290 Å². The first-order valence-electron chi connectivity index (χ1n) is 47.9. The van der Waals surface area contributed by atoms with E-state index in [1.54, 1.807) is 0 Å². The Bertz CT molecular complexity index is 2330. The molecule has 118 heavy (non-hydrogen) atoms. The molecule has 0 aromatic heterocycles. The second-order valence-electron chi connectivity index (χ2n) is 45.1. The van der Waals surface area contributed by atoms with Crippen molar-refractivity contribution in [1.82, 2.24) is 89.3 Å². The molecule has 10 saturated heterocycles. The van der Waals surface area contributed by atoms with Crippen molar-refractivity contribution in [1.29, 1.82) is 0 Å². The third-order valence-corrected chi connectivity index (χ3v) is 26.0. The van der Waals surface area contributed by atoms with E-state index in [4.69, 9.17) is 15.2 Å². The van der Waals surface area contributed by atoms with Gasteiger partial charge in [0.1, 0.15) is 6.17 Å². The van der Waals surface area contributed by atoms with Gasteiger partial charge in [-0.15, -0.1) is 0 Å². The summed E-state index contributed by atoms with van der Waals surface area (Å²) in [6, 6.07) is 5.90. The number of ether oxygens (including phenoxy) is 2. The van der Waals surface area contributed by atoms with Gasteiger partial charge in [0.05, 0.1) is 18.8 Å². The van der Waals surface area contributed by atoms with Gasteiger partial charge in [0.15, 0.2) is 0 Å². The largest absolute Gasteiger partial charge is 0.380 e. The Morgan fingerprint density at radius 1 is 0.390 bits per heavy atom. The Kier molecular flexibility index (Phi) is 53.7. The van der Waals surface area contributed by atoms with Gasteiger partial charge in [-0.1, -0.05) is 6.92 Å². The third-order valence-electron chi connectivity index (χ3n) is 26.0. The maximum atomic E-state index is 13.6. The molecular formula is C96H210FN19O2. The third kappa shape index (κ3) is 47.8. The molecule has 21 nitrogen and oxygen atoms in total. The maximum Gasteiger partial charge on any atom is 0.128 e. The first kappa shape index (κ1) is 115. The van der Waals surface area contributed by atoms with E-state index >= 15 is 0 Å². The van der Waals surface area contributed by atoms with Crippen molar-refractivity contribution in [2.45, 2.75) is 392 Å². The van der Waals surface area contributed by atoms with Crippen LogP contribution in [0.15, 0.2) is 0 Å². The highest BCUT2D eigenvalue weighted by molar-refractivity contribution is 4.92. The zero-order chi connectivity index (χ0) is 90.8. The molecule has 0 radical (unpaired) electrons. The van der Waals surface area contributed by atoms with Gasteiger partial charge >= 0.3 is 0 Å². The second-order valence-corrected chi connectivity index (χ2v) is 45.1. The number of nitrogens with zero attached hydrogens (tertiary/aromatic N) is 16. The number of nitrogens with two attached hydrogens (primary N) is 1. The fourth-order valence-corrected chi connectivity index (χ4v) is 17.2. The van der Waals surface area contributed by atoms with Crippen LogP contribution in [0.2, 0.25) is 0 Å². The van der Waals surface area contributed by atoms with Crippen molar-refractivity contribution in [2.75, 3.05) is 239 Å². The number of alkyl halides is 1. The molecule has 0 unspecified atom stereocenters. The summed E-state index contributed by atoms with van der Waals surface area (Å²) in [6.45, 7) is 110. The SMILES string of the molecule is CC(C)(C)N1CCCOCC1.CC(C)(C)N1CC[C@@H](N)C1.CC(C)N1CCN(C(C)(C)C)CC1.CC(C)N1CC[C@@H](N(C)C)[C@@H](F)C1.CC(C)N1C[C@@H](C)N[C@@H](C)C1.CC(C)N1C[C@@H](C)O[C@@H](C)C1.CCN1CCN(C(C)(C)C)CC1.CN(C)N1CCN(C(C)(C)C)CC1.CN(C)[C@H]1CCN(C(C)(C)C)C1.CNC1CCN(C(C)(C)C)CC1. The number of hydrazine groups is 1. The molecule has 0 saturated carbocycles. The van der Waals surface area contributed by atoms with Crippen LogP contribution in [-0.4, -0.2) is 435 Å². The molecule has 10 rings (SSSR count). The molecule has 0 spiro atoms. The minimum Gasteiger partial charge on any atom is -0.380 e. The molecule has 708 valence electrons. The maximum absolute atomic E-state index is 13.6. The zero-order valence-corrected chi connectivity index (χ0v) is 86.7. The topological polar surface area (TPSA) is 120 Å². The van der Waals surface area contributed by atoms with Crippen molar-refractivity contribution in [3.05, 3.63) is 0 Å². The van der Waals surface area contributed by atoms with Gasteiger partial charge in [-0.05, 0) is 309 Å². The average Bonchev–Trinajstić information content (AvgIpc) is 1.08. The van der Waals surface area contributed by atoms with Gasteiger partial charge < -0.3 is 40.5 Å². The van der Waals surface area contributed by atoms with Gasteiger partial charge in [-0.2, -0.15) is 0 Å². The van der Waals surface area contributed by atoms with Gasteiger partial charge in [0.25, 0.3) is 0 Å². The lowest BCUT2D eigenvalue weighted by Crippen LogP contribution is -2.56. The van der Waals surface area contributed by atoms with Crippen LogP contribution < -0.4 is 16.4 Å². The fraction of sp³-hybridized carbons (Fsp3) is 1.00. The minimum absolute atomic E-state index is 0.120. The Labute approximate surface area is 735 Å². The summed E-state index contributed by atoms with van der Waals surface area (Å²) in [5, 5.41) is 11.5. The minimum atomic E-state index is -0.689. The van der Waals surface area contributed by atoms with Gasteiger partial charge in [-0.3, -0.25) is 53.9 Å². The number of rotatable bonds is 9. The predicted octanol–water partition coefficient (Wildman–Crippen LogP) is 13.3. The molecule has 8 atom stereocenters. The van der Waals surface area contributed by atoms with Crippen molar-refractivity contribution in [3.63, 3.8) is 0 Å². The van der Waals surface area contributed by atoms with Crippen LogP contribution in [0.3, 0.4) is 0 Å². The molecule has 0 amide bonds. The van der Waals surface area contributed by atoms with Crippen LogP contribution in [0.5, 0.6) is 0 Å². The highest BCUT2D eigenvalue weighted by Crippen LogP contribution is 2.26. The van der Waals surface area contributed by atoms with Crippen molar-refractivity contribution < 1.29 is 13.9 Å². The first-order valence-corrected chi connectivity index (χ1v) is 47.9. The summed E-state index contributed by atoms with van der Waals surface area (Å²) in [4.78, 5) is 34.4. The Morgan fingerprint density at radius 3 is 1.09 bits per heavy atom. The number of halogens is 1. The lowest BCUT2D eigenvalue weighted by atomic mass is 9.98. The smallest absolute Gasteiger partial charge is 0.128 e. The van der Waals surface area contributed by atoms with Crippen LogP contribution >= 0.6 is 0 Å². The van der Waals surface area contributed by atoms with E-state index in [0.29, 0.717) is 99.8 Å². The molecule has 10 aliphatic rings. The second kappa shape index (κ2) is 55.1. The molecule has 0 aromatic rings. The van der Waals surface area contributed by atoms with Crippen molar-refractivity contribution >= 4 is 0 Å². The Hall–Kier alpha value is -0.910. The number of piperidine rings is 2. The lowest BCUT2D eigenvalue weighted by molar-refractivity contribution is -0.0764. The molecule has 10 fully saturated rings. The number of likely N-dealkylation sites (tertiary alicyclic amines) is 4. The first-order chi connectivity index (χ1) is 54.1. The molecule has 4 N–H and O–H groups in total. The summed E-state index contributed by atoms with van der Waals surface area (Å²) in [5.41, 5.74) is 8.16. The van der Waals surface area contributed by atoms with Crippen LogP contribution in [0.4, 0.5) is 4.39 Å². The monoisotopic (exact) mass is 1680 g/mol. The molecule has 0 bridgehead atoms. The summed E-state index contributed by atoms with van der Waals surface area (Å²) in [6.07, 6.45) is 7.33. The molecule has 0 aliphatic carbocycles. The summed E-state index contributed by atoms with van der Waals surface area (Å²) in [5.74, 6) is 0. The standard InChI is InChI=1S/C11H24N2.C10H21FN2.C10H23N3.3C10H22N2.C9H20N2.2C9H19NO.C8H18N2/c1-10(2)12-6-8-13(9-7-12)11(3,4)5;1-8(2)13-6-5-10(12(3)4)9(11)7-13;1-10(2,3)12-6-8-13(9-7-12)11(4)5;1-10(2,3)12-7-6-9(8-12)11(4)5;1-10(2,3)12-7-5-9(11-4)6-8-12;1-5-11-6-8-12(9-7-11)10(2,3)4;1-7(2)11-5-8(3)10-9(4)6-11;1-7(2)10-5-8(3)11-9(4)6-10;1-9(2,3)10-5-4-7-11-8-6-10;1-8(2,3)10-5-4-7(9)6-10/h10H,6-9H2,1-5H3;8-10H,5-7H2,1-4H3;6-9H2,1-5H3;9H,6-8H2,1-5H3;9,11H,5-8H2,1-4H3;5-9H2,1-4H3;7-10H,5-6H2,1-4H3;7-9H,5-6H2,1-4H3;4-8H2,1-3H3;7H,4-6,9H2,1-3H3/t;9-,10+;;9-;;;2*8-,9+;;7-/m.0.0.....1/s1. The van der Waals surface area contributed by atoms with Gasteiger partial charge in [0.2, 0.25) is 0 Å². The van der Waals surface area contributed by atoms with Gasteiger partial charge in [-0.25, -0.2) is 14.4 Å². The van der Waals surface area contributed by atoms with E-state index in [2.05, 4.69) is 355 Å². The number of hydrogen-bond acceptors (Lipinski definition) is 21. The highest BCUT2D eigenvalue weighted by Gasteiger charge is 2.36. The fourth-order valence-electron chi connectivity index (χ4n) is 17.2. The Balaban J connectivity index is 0.000000656. The van der Waals surface area contributed by atoms with Crippen LogP contribution in [-0.2, 0) is 9.47 Å².